The van der Waals surface area contributed by atoms with E-state index >= 15 is 0 Å². The third-order valence-corrected chi connectivity index (χ3v) is 7.83. The second-order valence-corrected chi connectivity index (χ2v) is 10.2. The largest absolute Gasteiger partial charge is 0.416 e. The standard InChI is InChI=1S/C24H26F3N3O4S/c1-3-22(31)29-20-12-13-30(16(2)14-20)35(33,34)21-10-6-18(7-11-21)23(32)28-15-17-4-8-19(9-5-17)24(25,26)27/h3-11,16,20H,1,12-15H2,2H3,(H,28,32)(H,29,31). The first-order chi connectivity index (χ1) is 16.4. The van der Waals surface area contributed by atoms with Crippen molar-refractivity contribution in [1.82, 2.24) is 14.9 Å². The molecule has 1 heterocycles. The lowest BCUT2D eigenvalue weighted by Gasteiger charge is -2.36. The van der Waals surface area contributed by atoms with Crippen LogP contribution in [0.15, 0.2) is 66.1 Å². The van der Waals surface area contributed by atoms with Crippen LogP contribution >= 0.6 is 0 Å². The number of carbonyl (C=O) groups excluding carboxylic acids is 2. The third-order valence-electron chi connectivity index (χ3n) is 5.80. The predicted octanol–water partition coefficient (Wildman–Crippen LogP) is 3.48. The molecule has 0 aromatic heterocycles. The number of benzene rings is 2. The molecule has 2 atom stereocenters. The molecule has 0 aliphatic carbocycles. The van der Waals surface area contributed by atoms with Crippen LogP contribution in [0.4, 0.5) is 13.2 Å². The topological polar surface area (TPSA) is 95.6 Å². The molecule has 1 saturated heterocycles. The second-order valence-electron chi connectivity index (χ2n) is 8.30. The fraction of sp³-hybridized carbons (Fsp3) is 0.333. The van der Waals surface area contributed by atoms with E-state index in [0.717, 1.165) is 12.1 Å². The normalized spacial score (nSPS) is 19.1. The molecule has 35 heavy (non-hydrogen) atoms. The SMILES string of the molecule is C=CC(=O)NC1CCN(S(=O)(=O)c2ccc(C(=O)NCc3ccc(C(F)(F)F)cc3)cc2)C(C)C1. The van der Waals surface area contributed by atoms with Crippen LogP contribution in [-0.4, -0.2) is 43.2 Å². The smallest absolute Gasteiger partial charge is 0.350 e. The Bertz CT molecular complexity index is 1180. The zero-order chi connectivity index (χ0) is 25.8. The van der Waals surface area contributed by atoms with Crippen molar-refractivity contribution in [3.8, 4) is 0 Å². The van der Waals surface area contributed by atoms with Gasteiger partial charge in [0.2, 0.25) is 15.9 Å². The summed E-state index contributed by atoms with van der Waals surface area (Å²) in [6, 6.07) is 9.44. The molecule has 0 spiro atoms. The maximum absolute atomic E-state index is 13.1. The van der Waals surface area contributed by atoms with Gasteiger partial charge in [-0.15, -0.1) is 0 Å². The number of alkyl halides is 3. The van der Waals surface area contributed by atoms with Crippen LogP contribution in [0.25, 0.3) is 0 Å². The molecule has 0 radical (unpaired) electrons. The van der Waals surface area contributed by atoms with Crippen molar-refractivity contribution < 1.29 is 31.2 Å². The Morgan fingerprint density at radius 3 is 2.29 bits per heavy atom. The van der Waals surface area contributed by atoms with Gasteiger partial charge in [-0.3, -0.25) is 9.59 Å². The minimum Gasteiger partial charge on any atom is -0.350 e. The van der Waals surface area contributed by atoms with Crippen molar-refractivity contribution in [3.63, 3.8) is 0 Å². The molecule has 2 unspecified atom stereocenters. The Balaban J connectivity index is 1.61. The Morgan fingerprint density at radius 2 is 1.74 bits per heavy atom. The van der Waals surface area contributed by atoms with E-state index in [4.69, 9.17) is 0 Å². The maximum atomic E-state index is 13.1. The number of nitrogens with one attached hydrogen (secondary N) is 2. The summed E-state index contributed by atoms with van der Waals surface area (Å²) < 4.78 is 65.6. The van der Waals surface area contributed by atoms with E-state index in [0.29, 0.717) is 18.4 Å². The lowest BCUT2D eigenvalue weighted by Crippen LogP contribution is -2.50. The Morgan fingerprint density at radius 1 is 1.11 bits per heavy atom. The number of rotatable bonds is 7. The summed E-state index contributed by atoms with van der Waals surface area (Å²) in [5.74, 6) is -0.785. The summed E-state index contributed by atoms with van der Waals surface area (Å²) in [5, 5.41) is 5.40. The van der Waals surface area contributed by atoms with Crippen LogP contribution in [0.3, 0.4) is 0 Å². The van der Waals surface area contributed by atoms with Gasteiger partial charge in [0.05, 0.1) is 10.5 Å². The van der Waals surface area contributed by atoms with E-state index in [-0.39, 0.29) is 41.5 Å². The molecule has 0 saturated carbocycles. The number of sulfonamides is 1. The fourth-order valence-corrected chi connectivity index (χ4v) is 5.57. The van der Waals surface area contributed by atoms with Gasteiger partial charge in [-0.05, 0) is 67.8 Å². The summed E-state index contributed by atoms with van der Waals surface area (Å²) in [5.41, 5.74) is -0.0635. The highest BCUT2D eigenvalue weighted by Gasteiger charge is 2.35. The summed E-state index contributed by atoms with van der Waals surface area (Å²) in [7, 11) is -3.81. The van der Waals surface area contributed by atoms with E-state index in [1.54, 1.807) is 6.92 Å². The van der Waals surface area contributed by atoms with Crippen molar-refractivity contribution in [2.45, 2.75) is 49.5 Å². The lowest BCUT2D eigenvalue weighted by molar-refractivity contribution is -0.137. The van der Waals surface area contributed by atoms with Crippen molar-refractivity contribution in [3.05, 3.63) is 77.9 Å². The minimum atomic E-state index is -4.43. The van der Waals surface area contributed by atoms with E-state index in [1.807, 2.05) is 0 Å². The molecule has 11 heteroatoms. The van der Waals surface area contributed by atoms with Gasteiger partial charge >= 0.3 is 6.18 Å². The number of hydrogen-bond acceptors (Lipinski definition) is 4. The average Bonchev–Trinajstić information content (AvgIpc) is 2.82. The maximum Gasteiger partial charge on any atom is 0.416 e. The van der Waals surface area contributed by atoms with Crippen LogP contribution in [0.2, 0.25) is 0 Å². The summed E-state index contributed by atoms with van der Waals surface area (Å²) >= 11 is 0. The highest BCUT2D eigenvalue weighted by Crippen LogP contribution is 2.29. The molecule has 1 fully saturated rings. The summed E-state index contributed by atoms with van der Waals surface area (Å²) in [4.78, 5) is 24.0. The van der Waals surface area contributed by atoms with Gasteiger partial charge in [-0.2, -0.15) is 17.5 Å². The second kappa shape index (κ2) is 10.6. The van der Waals surface area contributed by atoms with Crippen molar-refractivity contribution >= 4 is 21.8 Å². The predicted molar refractivity (Wildman–Crippen MR) is 124 cm³/mol. The van der Waals surface area contributed by atoms with Crippen LogP contribution < -0.4 is 10.6 Å². The molecule has 1 aliphatic heterocycles. The minimum absolute atomic E-state index is 0.0197. The molecule has 2 aromatic carbocycles. The van der Waals surface area contributed by atoms with Crippen molar-refractivity contribution in [2.75, 3.05) is 6.54 Å². The number of nitrogens with zero attached hydrogens (tertiary/aromatic N) is 1. The molecule has 2 N–H and O–H groups in total. The zero-order valence-corrected chi connectivity index (χ0v) is 19.8. The number of carbonyl (C=O) groups is 2. The van der Waals surface area contributed by atoms with Crippen molar-refractivity contribution in [2.24, 2.45) is 0 Å². The highest BCUT2D eigenvalue weighted by molar-refractivity contribution is 7.89. The first-order valence-corrected chi connectivity index (χ1v) is 12.3. The molecule has 188 valence electrons. The van der Waals surface area contributed by atoms with Gasteiger partial charge in [0.1, 0.15) is 0 Å². The molecule has 0 bridgehead atoms. The van der Waals surface area contributed by atoms with Gasteiger partial charge in [0.25, 0.3) is 5.91 Å². The Kier molecular flexibility index (Phi) is 8.01. The van der Waals surface area contributed by atoms with Gasteiger partial charge in [0.15, 0.2) is 0 Å². The molecule has 2 amide bonds. The highest BCUT2D eigenvalue weighted by atomic mass is 32.2. The Labute approximate surface area is 202 Å². The van der Waals surface area contributed by atoms with Crippen LogP contribution in [0, 0.1) is 0 Å². The number of halogens is 3. The zero-order valence-electron chi connectivity index (χ0n) is 19.0. The fourth-order valence-electron chi connectivity index (χ4n) is 3.91. The molecule has 7 nitrogen and oxygen atoms in total. The lowest BCUT2D eigenvalue weighted by atomic mass is 10.0. The molecule has 3 rings (SSSR count). The molecule has 1 aliphatic rings. The quantitative estimate of drug-likeness (QED) is 0.559. The number of piperidine rings is 1. The van der Waals surface area contributed by atoms with Crippen molar-refractivity contribution in [1.29, 1.82) is 0 Å². The van der Waals surface area contributed by atoms with Gasteiger partial charge in [0, 0.05) is 30.7 Å². The first-order valence-electron chi connectivity index (χ1n) is 10.9. The van der Waals surface area contributed by atoms with Gasteiger partial charge < -0.3 is 10.6 Å². The first kappa shape index (κ1) is 26.4. The monoisotopic (exact) mass is 509 g/mol. The molecule has 2 aromatic rings. The van der Waals surface area contributed by atoms with E-state index in [1.165, 1.54) is 46.8 Å². The summed E-state index contributed by atoms with van der Waals surface area (Å²) in [6.45, 7) is 5.44. The Hall–Kier alpha value is -3.18. The number of amides is 2. The van der Waals surface area contributed by atoms with Crippen LogP contribution in [0.5, 0.6) is 0 Å². The van der Waals surface area contributed by atoms with Crippen LogP contribution in [0.1, 0.15) is 41.3 Å². The van der Waals surface area contributed by atoms with Crippen LogP contribution in [-0.2, 0) is 27.5 Å². The summed E-state index contributed by atoms with van der Waals surface area (Å²) in [6.07, 6.45) is -2.33. The van der Waals surface area contributed by atoms with E-state index in [2.05, 4.69) is 17.2 Å². The van der Waals surface area contributed by atoms with Gasteiger partial charge in [-0.1, -0.05) is 18.7 Å². The average molecular weight is 510 g/mol. The molecular formula is C24H26F3N3O4S. The molecular weight excluding hydrogens is 483 g/mol. The van der Waals surface area contributed by atoms with E-state index in [9.17, 15) is 31.2 Å². The third kappa shape index (κ3) is 6.49. The van der Waals surface area contributed by atoms with Gasteiger partial charge in [-0.25, -0.2) is 8.42 Å². The van der Waals surface area contributed by atoms with E-state index < -0.39 is 27.7 Å². The number of hydrogen-bond donors (Lipinski definition) is 2.